The summed E-state index contributed by atoms with van der Waals surface area (Å²) in [7, 11) is 0. The van der Waals surface area contributed by atoms with Gasteiger partial charge in [0, 0.05) is 18.7 Å². The molecule has 1 atom stereocenters. The highest BCUT2D eigenvalue weighted by Crippen LogP contribution is 2.18. The Balaban J connectivity index is 1.84. The van der Waals surface area contributed by atoms with Gasteiger partial charge in [0.05, 0.1) is 11.7 Å². The zero-order chi connectivity index (χ0) is 15.4. The molecule has 5 N–H and O–H groups in total. The Hall–Kier alpha value is -2.15. The standard InChI is InChI=1S/C14H19FN4O2/c15-10-4-3-9(8-11(10)16)18-13(20)5-7-19-6-1-2-12(19)14(17)21/h3-4,8,12H,1-2,5-7,16H2,(H2,17,21)(H,18,20). The van der Waals surface area contributed by atoms with Crippen LogP contribution in [0.5, 0.6) is 0 Å². The van der Waals surface area contributed by atoms with Crippen molar-refractivity contribution in [2.75, 3.05) is 24.1 Å². The number of anilines is 2. The second-order valence-electron chi connectivity index (χ2n) is 5.13. The normalized spacial score (nSPS) is 18.6. The highest BCUT2D eigenvalue weighted by Gasteiger charge is 2.28. The summed E-state index contributed by atoms with van der Waals surface area (Å²) in [6.45, 7) is 1.24. The number of carbonyl (C=O) groups is 2. The monoisotopic (exact) mass is 294 g/mol. The fourth-order valence-electron chi connectivity index (χ4n) is 2.51. The van der Waals surface area contributed by atoms with Crippen molar-refractivity contribution in [3.8, 4) is 0 Å². The molecule has 2 rings (SSSR count). The lowest BCUT2D eigenvalue weighted by Crippen LogP contribution is -2.41. The summed E-state index contributed by atoms with van der Waals surface area (Å²) in [6, 6.07) is 3.74. The van der Waals surface area contributed by atoms with Gasteiger partial charge in [-0.15, -0.1) is 0 Å². The number of carbonyl (C=O) groups excluding carboxylic acids is 2. The van der Waals surface area contributed by atoms with Crippen molar-refractivity contribution in [2.45, 2.75) is 25.3 Å². The van der Waals surface area contributed by atoms with E-state index in [1.165, 1.54) is 18.2 Å². The fourth-order valence-corrected chi connectivity index (χ4v) is 2.51. The van der Waals surface area contributed by atoms with E-state index < -0.39 is 5.82 Å². The van der Waals surface area contributed by atoms with Crippen molar-refractivity contribution in [1.82, 2.24) is 4.90 Å². The molecule has 0 bridgehead atoms. The van der Waals surface area contributed by atoms with Crippen LogP contribution in [0.15, 0.2) is 18.2 Å². The zero-order valence-corrected chi connectivity index (χ0v) is 11.6. The number of hydrogen-bond acceptors (Lipinski definition) is 4. The second-order valence-corrected chi connectivity index (χ2v) is 5.13. The maximum absolute atomic E-state index is 13.0. The molecule has 0 radical (unpaired) electrons. The van der Waals surface area contributed by atoms with Gasteiger partial charge in [-0.1, -0.05) is 0 Å². The molecular weight excluding hydrogens is 275 g/mol. The van der Waals surface area contributed by atoms with E-state index in [1.54, 1.807) is 0 Å². The molecule has 1 heterocycles. The summed E-state index contributed by atoms with van der Waals surface area (Å²) < 4.78 is 13.0. The van der Waals surface area contributed by atoms with Gasteiger partial charge < -0.3 is 16.8 Å². The molecule has 1 saturated heterocycles. The van der Waals surface area contributed by atoms with E-state index in [0.717, 1.165) is 19.4 Å². The van der Waals surface area contributed by atoms with Crippen LogP contribution in [-0.2, 0) is 9.59 Å². The number of nitrogens with zero attached hydrogens (tertiary/aromatic N) is 1. The van der Waals surface area contributed by atoms with Crippen LogP contribution in [0.1, 0.15) is 19.3 Å². The fraction of sp³-hybridized carbons (Fsp3) is 0.429. The number of nitrogens with two attached hydrogens (primary N) is 2. The molecule has 114 valence electrons. The minimum atomic E-state index is -0.519. The lowest BCUT2D eigenvalue weighted by molar-refractivity contribution is -0.123. The van der Waals surface area contributed by atoms with Crippen molar-refractivity contribution < 1.29 is 14.0 Å². The molecule has 0 aliphatic carbocycles. The van der Waals surface area contributed by atoms with E-state index in [0.29, 0.717) is 12.2 Å². The average Bonchev–Trinajstić information content (AvgIpc) is 2.89. The summed E-state index contributed by atoms with van der Waals surface area (Å²) in [4.78, 5) is 25.0. The summed E-state index contributed by atoms with van der Waals surface area (Å²) in [5.41, 5.74) is 11.2. The summed E-state index contributed by atoms with van der Waals surface area (Å²) in [5, 5.41) is 2.65. The van der Waals surface area contributed by atoms with Crippen LogP contribution in [0.4, 0.5) is 15.8 Å². The van der Waals surface area contributed by atoms with Gasteiger partial charge in [-0.3, -0.25) is 14.5 Å². The largest absolute Gasteiger partial charge is 0.396 e. The number of hydrogen-bond donors (Lipinski definition) is 3. The maximum Gasteiger partial charge on any atom is 0.234 e. The molecule has 1 aromatic rings. The van der Waals surface area contributed by atoms with Crippen molar-refractivity contribution in [3.63, 3.8) is 0 Å². The molecule has 1 aromatic carbocycles. The predicted molar refractivity (Wildman–Crippen MR) is 77.8 cm³/mol. The Kier molecular flexibility index (Phi) is 4.74. The number of halogens is 1. The van der Waals surface area contributed by atoms with Crippen molar-refractivity contribution >= 4 is 23.2 Å². The Bertz CT molecular complexity index is 550. The van der Waals surface area contributed by atoms with E-state index in [9.17, 15) is 14.0 Å². The molecule has 0 spiro atoms. The van der Waals surface area contributed by atoms with Gasteiger partial charge in [-0.05, 0) is 37.6 Å². The maximum atomic E-state index is 13.0. The van der Waals surface area contributed by atoms with Crippen molar-refractivity contribution in [3.05, 3.63) is 24.0 Å². The van der Waals surface area contributed by atoms with Crippen molar-refractivity contribution in [1.29, 1.82) is 0 Å². The Morgan fingerprint density at radius 3 is 2.86 bits per heavy atom. The molecule has 0 aromatic heterocycles. The smallest absolute Gasteiger partial charge is 0.234 e. The molecule has 1 fully saturated rings. The van der Waals surface area contributed by atoms with E-state index >= 15 is 0 Å². The first-order valence-electron chi connectivity index (χ1n) is 6.85. The highest BCUT2D eigenvalue weighted by molar-refractivity contribution is 5.91. The van der Waals surface area contributed by atoms with Crippen LogP contribution in [0.25, 0.3) is 0 Å². The number of nitrogen functional groups attached to an aromatic ring is 1. The van der Waals surface area contributed by atoms with E-state index in [1.807, 2.05) is 4.90 Å². The number of primary amides is 1. The first-order valence-corrected chi connectivity index (χ1v) is 6.85. The summed E-state index contributed by atoms with van der Waals surface area (Å²) >= 11 is 0. The number of benzene rings is 1. The molecule has 1 unspecified atom stereocenters. The van der Waals surface area contributed by atoms with Crippen LogP contribution < -0.4 is 16.8 Å². The highest BCUT2D eigenvalue weighted by atomic mass is 19.1. The topological polar surface area (TPSA) is 101 Å². The Morgan fingerprint density at radius 2 is 2.19 bits per heavy atom. The zero-order valence-electron chi connectivity index (χ0n) is 11.6. The van der Waals surface area contributed by atoms with E-state index in [-0.39, 0.29) is 30.0 Å². The quantitative estimate of drug-likeness (QED) is 0.695. The number of likely N-dealkylation sites (tertiary alicyclic amines) is 1. The van der Waals surface area contributed by atoms with Crippen LogP contribution >= 0.6 is 0 Å². The lowest BCUT2D eigenvalue weighted by atomic mass is 10.2. The Labute approximate surface area is 122 Å². The summed E-state index contributed by atoms with van der Waals surface area (Å²) in [5.74, 6) is -1.08. The number of nitrogens with one attached hydrogen (secondary N) is 1. The van der Waals surface area contributed by atoms with Crippen LogP contribution in [-0.4, -0.2) is 35.8 Å². The van der Waals surface area contributed by atoms with Gasteiger partial charge in [0.25, 0.3) is 0 Å². The Morgan fingerprint density at radius 1 is 1.43 bits per heavy atom. The SMILES string of the molecule is NC(=O)C1CCCN1CCC(=O)Nc1ccc(F)c(N)c1. The van der Waals surface area contributed by atoms with Crippen LogP contribution in [0.2, 0.25) is 0 Å². The van der Waals surface area contributed by atoms with Crippen LogP contribution in [0.3, 0.4) is 0 Å². The third-order valence-corrected chi connectivity index (χ3v) is 3.60. The average molecular weight is 294 g/mol. The third kappa shape index (κ3) is 3.91. The van der Waals surface area contributed by atoms with E-state index in [4.69, 9.17) is 11.5 Å². The van der Waals surface area contributed by atoms with Crippen molar-refractivity contribution in [2.24, 2.45) is 5.73 Å². The number of amides is 2. The number of rotatable bonds is 5. The first kappa shape index (κ1) is 15.2. The molecule has 1 aliphatic heterocycles. The molecular formula is C14H19FN4O2. The third-order valence-electron chi connectivity index (χ3n) is 3.60. The molecule has 0 saturated carbocycles. The van der Waals surface area contributed by atoms with Gasteiger partial charge in [0.2, 0.25) is 11.8 Å². The summed E-state index contributed by atoms with van der Waals surface area (Å²) in [6.07, 6.45) is 1.89. The molecule has 2 amide bonds. The predicted octanol–water partition coefficient (Wildman–Crippen LogP) is 0.686. The van der Waals surface area contributed by atoms with Gasteiger partial charge in [-0.25, -0.2) is 4.39 Å². The second kappa shape index (κ2) is 6.53. The minimum Gasteiger partial charge on any atom is -0.396 e. The van der Waals surface area contributed by atoms with Gasteiger partial charge in [-0.2, -0.15) is 0 Å². The minimum absolute atomic E-state index is 0.0128. The first-order chi connectivity index (χ1) is 9.97. The molecule has 21 heavy (non-hydrogen) atoms. The molecule has 7 heteroatoms. The van der Waals surface area contributed by atoms with Gasteiger partial charge >= 0.3 is 0 Å². The lowest BCUT2D eigenvalue weighted by Gasteiger charge is -2.21. The molecule has 6 nitrogen and oxygen atoms in total. The van der Waals surface area contributed by atoms with Gasteiger partial charge in [0.1, 0.15) is 5.82 Å². The van der Waals surface area contributed by atoms with Crippen LogP contribution in [0, 0.1) is 5.82 Å². The van der Waals surface area contributed by atoms with Gasteiger partial charge in [0.15, 0.2) is 0 Å². The molecule has 1 aliphatic rings. The van der Waals surface area contributed by atoms with E-state index in [2.05, 4.69) is 5.32 Å².